The van der Waals surface area contributed by atoms with E-state index in [4.69, 9.17) is 28.8 Å². The van der Waals surface area contributed by atoms with Gasteiger partial charge in [0, 0.05) is 4.47 Å². The van der Waals surface area contributed by atoms with Gasteiger partial charge in [0.25, 0.3) is 0 Å². The first-order valence-corrected chi connectivity index (χ1v) is 14.0. The van der Waals surface area contributed by atoms with E-state index in [2.05, 4.69) is 26.4 Å². The highest BCUT2D eigenvalue weighted by Crippen LogP contribution is 2.36. The zero-order chi connectivity index (χ0) is 28.2. The van der Waals surface area contributed by atoms with Gasteiger partial charge in [0.05, 0.1) is 24.4 Å². The second kappa shape index (κ2) is 15.9. The molecule has 12 heteroatoms. The van der Waals surface area contributed by atoms with Crippen LogP contribution >= 0.6 is 15.9 Å². The van der Waals surface area contributed by atoms with E-state index in [1.165, 1.54) is 0 Å². The molecule has 4 N–H and O–H groups in total. The molecule has 0 aromatic heterocycles. The maximum absolute atomic E-state index is 9.13. The van der Waals surface area contributed by atoms with Gasteiger partial charge in [-0.25, -0.2) is 0 Å². The molecular weight excluding hydrogens is 549 g/mol. The Bertz CT molecular complexity index is 952. The Kier molecular flexibility index (Phi) is 13.7. The monoisotopic (exact) mass is 590 g/mol. The molecule has 0 bridgehead atoms. The van der Waals surface area contributed by atoms with Crippen LogP contribution in [0.5, 0.6) is 11.5 Å². The largest absolute Gasteiger partial charge is 0.494 e. The molecular formula is C26H42B3BrN2O6. The molecule has 0 amide bonds. The third-order valence-corrected chi connectivity index (χ3v) is 6.73. The summed E-state index contributed by atoms with van der Waals surface area (Å²) in [5, 5.41) is 23.9. The van der Waals surface area contributed by atoms with Crippen molar-refractivity contribution in [3.8, 4) is 11.5 Å². The average Bonchev–Trinajstić information content (AvgIpc) is 3.06. The Morgan fingerprint density at radius 3 is 1.76 bits per heavy atom. The molecule has 1 saturated heterocycles. The first-order valence-electron chi connectivity index (χ1n) is 13.2. The molecule has 0 atom stereocenters. The van der Waals surface area contributed by atoms with Crippen LogP contribution in [0.15, 0.2) is 53.0 Å². The average molecular weight is 591 g/mol. The number of hydrogen-bond donors (Lipinski definition) is 4. The van der Waals surface area contributed by atoms with Crippen molar-refractivity contribution < 1.29 is 28.8 Å². The highest BCUT2D eigenvalue weighted by Gasteiger charge is 2.51. The van der Waals surface area contributed by atoms with Gasteiger partial charge in [-0.1, -0.05) is 34.1 Å². The van der Waals surface area contributed by atoms with Gasteiger partial charge in [-0.15, -0.1) is 0 Å². The van der Waals surface area contributed by atoms with Crippen molar-refractivity contribution in [1.29, 1.82) is 0 Å². The molecule has 0 radical (unpaired) electrons. The number of rotatable bonds is 13. The molecule has 38 heavy (non-hydrogen) atoms. The van der Waals surface area contributed by atoms with Crippen LogP contribution in [-0.2, 0) is 9.31 Å². The van der Waals surface area contributed by atoms with Gasteiger partial charge < -0.3 is 39.3 Å². The van der Waals surface area contributed by atoms with Crippen molar-refractivity contribution in [2.45, 2.75) is 65.4 Å². The summed E-state index contributed by atoms with van der Waals surface area (Å²) < 4.78 is 24.4. The predicted octanol–water partition coefficient (Wildman–Crippen LogP) is 3.37. The Labute approximate surface area is 237 Å². The van der Waals surface area contributed by atoms with Crippen molar-refractivity contribution in [3.63, 3.8) is 0 Å². The van der Waals surface area contributed by atoms with E-state index < -0.39 is 14.1 Å². The molecule has 1 aliphatic rings. The van der Waals surface area contributed by atoms with E-state index in [0.29, 0.717) is 19.8 Å². The van der Waals surface area contributed by atoms with Gasteiger partial charge in [0.1, 0.15) is 11.5 Å². The molecule has 0 saturated carbocycles. The molecule has 0 aliphatic carbocycles. The molecule has 2 aromatic rings. The second-order valence-corrected chi connectivity index (χ2v) is 11.2. The van der Waals surface area contributed by atoms with E-state index in [9.17, 15) is 0 Å². The fourth-order valence-electron chi connectivity index (χ4n) is 3.43. The molecule has 8 nitrogen and oxygen atoms in total. The lowest BCUT2D eigenvalue weighted by Gasteiger charge is -2.32. The van der Waals surface area contributed by atoms with Gasteiger partial charge >= 0.3 is 21.2 Å². The summed E-state index contributed by atoms with van der Waals surface area (Å²) in [6, 6.07) is 15.6. The highest BCUT2D eigenvalue weighted by molar-refractivity contribution is 9.10. The van der Waals surface area contributed by atoms with E-state index in [1.807, 2.05) is 76.2 Å². The summed E-state index contributed by atoms with van der Waals surface area (Å²) >= 11 is 3.38. The number of ether oxygens (including phenoxy) is 2. The van der Waals surface area contributed by atoms with Crippen molar-refractivity contribution >= 4 is 42.6 Å². The molecule has 2 aromatic carbocycles. The van der Waals surface area contributed by atoms with Crippen LogP contribution in [0.4, 0.5) is 0 Å². The number of nitrogens with one attached hydrogen (secondary N) is 2. The lowest BCUT2D eigenvalue weighted by atomic mass is 9.79. The van der Waals surface area contributed by atoms with Gasteiger partial charge in [-0.2, -0.15) is 0 Å². The van der Waals surface area contributed by atoms with Crippen LogP contribution in [0.3, 0.4) is 0 Å². The normalized spacial score (nSPS) is 15.4. The number of halogens is 1. The first kappa shape index (κ1) is 32.7. The SMILES string of the molecule is CB(O)NCCCOc1cccc(B2OC(C)(C)C(C)(C)O2)c1.CB(O)NCCCOc1cccc(Br)c1. The van der Waals surface area contributed by atoms with Gasteiger partial charge in [0.2, 0.25) is 0 Å². The summed E-state index contributed by atoms with van der Waals surface area (Å²) in [6.07, 6.45) is 1.70. The Morgan fingerprint density at radius 2 is 1.29 bits per heavy atom. The summed E-state index contributed by atoms with van der Waals surface area (Å²) in [6.45, 7) is 14.3. The zero-order valence-corrected chi connectivity index (χ0v) is 25.1. The number of hydrogen-bond acceptors (Lipinski definition) is 8. The molecule has 0 unspecified atom stereocenters. The summed E-state index contributed by atoms with van der Waals surface area (Å²) in [4.78, 5) is 0. The lowest BCUT2D eigenvalue weighted by Crippen LogP contribution is -2.41. The third-order valence-electron chi connectivity index (χ3n) is 6.24. The van der Waals surface area contributed by atoms with Crippen LogP contribution in [0.1, 0.15) is 40.5 Å². The smallest absolute Gasteiger partial charge is 0.494 e. The minimum atomic E-state index is -0.485. The minimum Gasteiger partial charge on any atom is -0.494 e. The van der Waals surface area contributed by atoms with Gasteiger partial charge in [-0.05, 0) is 103 Å². The predicted molar refractivity (Wildman–Crippen MR) is 160 cm³/mol. The summed E-state index contributed by atoms with van der Waals surface area (Å²) in [5.74, 6) is 1.66. The van der Waals surface area contributed by atoms with Crippen LogP contribution in [0, 0.1) is 0 Å². The second-order valence-electron chi connectivity index (χ2n) is 10.3. The maximum atomic E-state index is 9.13. The minimum absolute atomic E-state index is 0.346. The molecule has 1 aliphatic heterocycles. The van der Waals surface area contributed by atoms with E-state index in [-0.39, 0.29) is 18.3 Å². The Hall–Kier alpha value is -1.53. The summed E-state index contributed by atoms with van der Waals surface area (Å²) in [5.41, 5.74) is 0.269. The van der Waals surface area contributed by atoms with Crippen molar-refractivity contribution in [1.82, 2.24) is 10.5 Å². The standard InChI is InChI=1S/C16H27B2NO4.C10H15BBrNO2/c1-15(2)16(3,4)23-18(22-15)13-8-6-9-14(12-13)21-11-7-10-19-17(5)20;1-11(14)13-6-3-7-15-10-5-2-4-9(12)8-10/h6,8-9,12,19-20H,7,10-11H2,1-5H3;2,4-5,8,13-14H,3,6-7H2,1H3. The highest BCUT2D eigenvalue weighted by atomic mass is 79.9. The molecule has 1 fully saturated rings. The lowest BCUT2D eigenvalue weighted by molar-refractivity contribution is 0.00578. The van der Waals surface area contributed by atoms with Crippen molar-refractivity contribution in [3.05, 3.63) is 53.0 Å². The molecule has 0 spiro atoms. The zero-order valence-electron chi connectivity index (χ0n) is 23.5. The van der Waals surface area contributed by atoms with Gasteiger partial charge in [-0.3, -0.25) is 0 Å². The Morgan fingerprint density at radius 1 is 0.816 bits per heavy atom. The van der Waals surface area contributed by atoms with Crippen LogP contribution in [0.25, 0.3) is 0 Å². The van der Waals surface area contributed by atoms with Crippen LogP contribution in [-0.4, -0.2) is 68.8 Å². The van der Waals surface area contributed by atoms with Crippen molar-refractivity contribution in [2.75, 3.05) is 26.3 Å². The number of benzene rings is 2. The fourth-order valence-corrected chi connectivity index (χ4v) is 3.81. The van der Waals surface area contributed by atoms with Crippen LogP contribution in [0.2, 0.25) is 13.6 Å². The Balaban J connectivity index is 0.000000293. The molecule has 208 valence electrons. The third kappa shape index (κ3) is 11.7. The topological polar surface area (TPSA) is 101 Å². The van der Waals surface area contributed by atoms with Crippen molar-refractivity contribution in [2.24, 2.45) is 0 Å². The van der Waals surface area contributed by atoms with Crippen LogP contribution < -0.4 is 25.4 Å². The fraction of sp³-hybridized carbons (Fsp3) is 0.538. The molecule has 1 heterocycles. The van der Waals surface area contributed by atoms with E-state index in [1.54, 1.807) is 13.6 Å². The van der Waals surface area contributed by atoms with E-state index >= 15 is 0 Å². The quantitative estimate of drug-likeness (QED) is 0.208. The van der Waals surface area contributed by atoms with E-state index in [0.717, 1.165) is 40.8 Å². The maximum Gasteiger partial charge on any atom is 0.494 e. The molecule has 3 rings (SSSR count). The van der Waals surface area contributed by atoms with Gasteiger partial charge in [0.15, 0.2) is 0 Å². The summed E-state index contributed by atoms with van der Waals surface area (Å²) in [7, 11) is -1.31. The first-order chi connectivity index (χ1) is 17.9.